The quantitative estimate of drug-likeness (QED) is 0.360. The van der Waals surface area contributed by atoms with E-state index >= 15 is 0 Å². The van der Waals surface area contributed by atoms with Gasteiger partial charge in [-0.25, -0.2) is 8.78 Å². The molecule has 0 saturated heterocycles. The molecule has 2 aromatic heterocycles. The van der Waals surface area contributed by atoms with Crippen LogP contribution in [0.15, 0.2) is 65.7 Å². The second kappa shape index (κ2) is 7.95. The van der Waals surface area contributed by atoms with Gasteiger partial charge in [0.2, 0.25) is 0 Å². The van der Waals surface area contributed by atoms with Gasteiger partial charge in [0.25, 0.3) is 12.3 Å². The Kier molecular flexibility index (Phi) is 5.08. The zero-order chi connectivity index (χ0) is 23.2. The number of hydrogen-bond donors (Lipinski definition) is 1. The number of alkyl halides is 2. The summed E-state index contributed by atoms with van der Waals surface area (Å²) in [5.74, 6) is 0.677. The molecule has 1 aliphatic rings. The van der Waals surface area contributed by atoms with Crippen molar-refractivity contribution in [2.45, 2.75) is 38.2 Å². The average Bonchev–Trinajstić information content (AvgIpc) is 3.25. The van der Waals surface area contributed by atoms with E-state index in [0.29, 0.717) is 17.1 Å². The number of nitrogens with zero attached hydrogens (tertiary/aromatic N) is 4. The van der Waals surface area contributed by atoms with Gasteiger partial charge in [-0.15, -0.1) is 0 Å². The van der Waals surface area contributed by atoms with Crippen LogP contribution in [0, 0.1) is 6.92 Å². The molecule has 0 spiro atoms. The molecule has 2 aromatic carbocycles. The van der Waals surface area contributed by atoms with Gasteiger partial charge in [0.05, 0.1) is 12.0 Å². The molecule has 33 heavy (non-hydrogen) atoms. The lowest BCUT2D eigenvalue weighted by atomic mass is 9.91. The molecule has 5 rings (SSSR count). The lowest BCUT2D eigenvalue weighted by molar-refractivity contribution is 0.145. The van der Waals surface area contributed by atoms with Crippen LogP contribution in [0.5, 0.6) is 0 Å². The summed E-state index contributed by atoms with van der Waals surface area (Å²) in [5.41, 5.74) is 3.38. The molecule has 1 saturated carbocycles. The Morgan fingerprint density at radius 1 is 1.18 bits per heavy atom. The molecule has 0 bridgehead atoms. The van der Waals surface area contributed by atoms with Crippen LogP contribution in [-0.4, -0.2) is 25.0 Å². The van der Waals surface area contributed by atoms with Crippen molar-refractivity contribution < 1.29 is 18.4 Å². The normalized spacial score (nSPS) is 14.5. The van der Waals surface area contributed by atoms with Crippen molar-refractivity contribution in [3.8, 4) is 11.6 Å². The van der Waals surface area contributed by atoms with Gasteiger partial charge in [0, 0.05) is 5.56 Å². The summed E-state index contributed by atoms with van der Waals surface area (Å²) >= 11 is 0. The molecule has 1 aliphatic carbocycles. The Hall–Kier alpha value is -3.81. The maximum Gasteiger partial charge on any atom is 0.282 e. The standard InChI is InChI=1S/C25H22F2N4O2/c1-15-5-3-4-6-19(15)25(11-12-25)24-28-23(33-30-24)21-13-20(22(26)27)29-31(21)14-17-7-9-18(10-8-17)16(2)32/h3-10,13,22,32H,2,11-12,14H2,1H3. The SMILES string of the molecule is C=C(O)c1ccc(Cn2nc(C(F)F)cc2-c2nc(C3(c4ccccc4C)CC3)no2)cc1. The number of rotatable bonds is 7. The molecule has 1 N–H and O–H groups in total. The molecule has 0 atom stereocenters. The van der Waals surface area contributed by atoms with E-state index < -0.39 is 6.43 Å². The van der Waals surface area contributed by atoms with Crippen LogP contribution >= 0.6 is 0 Å². The predicted octanol–water partition coefficient (Wildman–Crippen LogP) is 5.84. The number of benzene rings is 2. The van der Waals surface area contributed by atoms with Crippen LogP contribution in [0.3, 0.4) is 0 Å². The van der Waals surface area contributed by atoms with E-state index in [-0.39, 0.29) is 29.3 Å². The van der Waals surface area contributed by atoms with Gasteiger partial charge in [-0.3, -0.25) is 4.68 Å². The highest BCUT2D eigenvalue weighted by atomic mass is 19.3. The van der Waals surface area contributed by atoms with Gasteiger partial charge in [-0.05, 0) is 42.5 Å². The van der Waals surface area contributed by atoms with Gasteiger partial charge in [-0.1, -0.05) is 60.3 Å². The lowest BCUT2D eigenvalue weighted by Crippen LogP contribution is -2.12. The Morgan fingerprint density at radius 3 is 2.55 bits per heavy atom. The van der Waals surface area contributed by atoms with Crippen LogP contribution in [0.2, 0.25) is 0 Å². The van der Waals surface area contributed by atoms with E-state index in [9.17, 15) is 13.9 Å². The number of aliphatic hydroxyl groups is 1. The van der Waals surface area contributed by atoms with Crippen LogP contribution in [0.4, 0.5) is 8.78 Å². The average molecular weight is 448 g/mol. The van der Waals surface area contributed by atoms with Crippen LogP contribution in [0.1, 0.15) is 53.0 Å². The number of halogens is 2. The van der Waals surface area contributed by atoms with Crippen molar-refractivity contribution in [2.75, 3.05) is 0 Å². The first-order chi connectivity index (χ1) is 15.9. The van der Waals surface area contributed by atoms with Gasteiger partial charge < -0.3 is 9.63 Å². The van der Waals surface area contributed by atoms with Crippen molar-refractivity contribution in [1.82, 2.24) is 19.9 Å². The van der Waals surface area contributed by atoms with E-state index in [1.54, 1.807) is 24.3 Å². The maximum atomic E-state index is 13.4. The van der Waals surface area contributed by atoms with E-state index in [4.69, 9.17) is 4.52 Å². The number of aryl methyl sites for hydroxylation is 1. The summed E-state index contributed by atoms with van der Waals surface area (Å²) < 4.78 is 33.9. The largest absolute Gasteiger partial charge is 0.508 e. The Bertz CT molecular complexity index is 1320. The number of hydrogen-bond acceptors (Lipinski definition) is 5. The minimum absolute atomic E-state index is 0.0395. The highest BCUT2D eigenvalue weighted by Crippen LogP contribution is 2.53. The predicted molar refractivity (Wildman–Crippen MR) is 119 cm³/mol. The van der Waals surface area contributed by atoms with Crippen molar-refractivity contribution in [3.05, 3.63) is 94.9 Å². The zero-order valence-electron chi connectivity index (χ0n) is 18.0. The fourth-order valence-corrected chi connectivity index (χ4v) is 4.18. The fourth-order valence-electron chi connectivity index (χ4n) is 4.18. The third kappa shape index (κ3) is 3.82. The summed E-state index contributed by atoms with van der Waals surface area (Å²) in [6, 6.07) is 16.4. The van der Waals surface area contributed by atoms with Crippen LogP contribution in [-0.2, 0) is 12.0 Å². The summed E-state index contributed by atoms with van der Waals surface area (Å²) in [6.07, 6.45) is -0.920. The van der Waals surface area contributed by atoms with Gasteiger partial charge in [-0.2, -0.15) is 10.1 Å². The zero-order valence-corrected chi connectivity index (χ0v) is 18.0. The molecule has 168 valence electrons. The second-order valence-corrected chi connectivity index (χ2v) is 8.38. The molecule has 0 amide bonds. The summed E-state index contributed by atoms with van der Waals surface area (Å²) in [4.78, 5) is 4.62. The number of aliphatic hydroxyl groups excluding tert-OH is 1. The fraction of sp³-hybridized carbons (Fsp3) is 0.240. The van der Waals surface area contributed by atoms with Crippen LogP contribution < -0.4 is 0 Å². The number of aromatic nitrogens is 4. The third-order valence-electron chi connectivity index (χ3n) is 6.13. The van der Waals surface area contributed by atoms with E-state index in [0.717, 1.165) is 29.5 Å². The molecule has 0 aliphatic heterocycles. The van der Waals surface area contributed by atoms with E-state index in [1.165, 1.54) is 10.7 Å². The molecular formula is C25H22F2N4O2. The van der Waals surface area contributed by atoms with E-state index in [1.807, 2.05) is 12.1 Å². The van der Waals surface area contributed by atoms with Gasteiger partial charge in [0.15, 0.2) is 5.82 Å². The summed E-state index contributed by atoms with van der Waals surface area (Å²) in [7, 11) is 0. The second-order valence-electron chi connectivity index (χ2n) is 8.38. The highest BCUT2D eigenvalue weighted by molar-refractivity contribution is 5.56. The first-order valence-electron chi connectivity index (χ1n) is 10.6. The van der Waals surface area contributed by atoms with Crippen molar-refractivity contribution in [1.29, 1.82) is 0 Å². The molecule has 8 heteroatoms. The first kappa shape index (κ1) is 21.1. The maximum absolute atomic E-state index is 13.4. The van der Waals surface area contributed by atoms with Crippen molar-refractivity contribution in [2.24, 2.45) is 0 Å². The topological polar surface area (TPSA) is 77.0 Å². The van der Waals surface area contributed by atoms with Gasteiger partial charge in [0.1, 0.15) is 17.1 Å². The highest BCUT2D eigenvalue weighted by Gasteiger charge is 2.50. The summed E-state index contributed by atoms with van der Waals surface area (Å²) in [6.45, 7) is 5.77. The Balaban J connectivity index is 1.49. The monoisotopic (exact) mass is 448 g/mol. The molecule has 4 aromatic rings. The molecular weight excluding hydrogens is 426 g/mol. The van der Waals surface area contributed by atoms with Gasteiger partial charge >= 0.3 is 0 Å². The summed E-state index contributed by atoms with van der Waals surface area (Å²) in [5, 5.41) is 17.8. The van der Waals surface area contributed by atoms with E-state index in [2.05, 4.69) is 40.9 Å². The molecule has 0 unspecified atom stereocenters. The Morgan fingerprint density at radius 2 is 1.91 bits per heavy atom. The van der Waals surface area contributed by atoms with Crippen molar-refractivity contribution in [3.63, 3.8) is 0 Å². The minimum atomic E-state index is -2.73. The smallest absolute Gasteiger partial charge is 0.282 e. The van der Waals surface area contributed by atoms with Crippen molar-refractivity contribution >= 4 is 5.76 Å². The van der Waals surface area contributed by atoms with Crippen LogP contribution in [0.25, 0.3) is 17.3 Å². The minimum Gasteiger partial charge on any atom is -0.508 e. The third-order valence-corrected chi connectivity index (χ3v) is 6.13. The first-order valence-corrected chi connectivity index (χ1v) is 10.6. The molecule has 1 fully saturated rings. The molecule has 6 nitrogen and oxygen atoms in total. The lowest BCUT2D eigenvalue weighted by Gasteiger charge is -2.13. The molecule has 2 heterocycles. The molecule has 0 radical (unpaired) electrons. The Labute approximate surface area is 189 Å².